The van der Waals surface area contributed by atoms with E-state index in [4.69, 9.17) is 5.73 Å². The highest BCUT2D eigenvalue weighted by atomic mass is 16.1. The van der Waals surface area contributed by atoms with E-state index >= 15 is 0 Å². The number of ketones is 1. The molecule has 0 radical (unpaired) electrons. The van der Waals surface area contributed by atoms with Crippen molar-refractivity contribution in [3.8, 4) is 0 Å². The van der Waals surface area contributed by atoms with Crippen LogP contribution in [0.2, 0.25) is 0 Å². The fraction of sp³-hybridized carbons (Fsp3) is 0.417. The zero-order chi connectivity index (χ0) is 10.7. The van der Waals surface area contributed by atoms with Crippen LogP contribution in [-0.4, -0.2) is 12.3 Å². The second kappa shape index (κ2) is 4.38. The van der Waals surface area contributed by atoms with E-state index in [-0.39, 0.29) is 11.7 Å². The summed E-state index contributed by atoms with van der Waals surface area (Å²) in [4.78, 5) is 11.9. The Bertz CT molecular complexity index is 344. The van der Waals surface area contributed by atoms with Gasteiger partial charge < -0.3 is 5.73 Å². The SMILES string of the molecule is Cc1ccc(C)c(C(=O)C(C)CN)c1. The summed E-state index contributed by atoms with van der Waals surface area (Å²) in [5.41, 5.74) is 8.43. The second-order valence-corrected chi connectivity index (χ2v) is 3.82. The third-order valence-corrected chi connectivity index (χ3v) is 2.46. The van der Waals surface area contributed by atoms with E-state index < -0.39 is 0 Å². The lowest BCUT2D eigenvalue weighted by atomic mass is 9.94. The van der Waals surface area contributed by atoms with Gasteiger partial charge >= 0.3 is 0 Å². The number of aryl methyl sites for hydroxylation is 2. The maximum Gasteiger partial charge on any atom is 0.167 e. The highest BCUT2D eigenvalue weighted by Crippen LogP contribution is 2.14. The Hall–Kier alpha value is -1.15. The number of benzene rings is 1. The highest BCUT2D eigenvalue weighted by Gasteiger charge is 2.15. The van der Waals surface area contributed by atoms with Crippen LogP contribution in [0.15, 0.2) is 18.2 Å². The minimum absolute atomic E-state index is 0.0875. The Kier molecular flexibility index (Phi) is 3.42. The summed E-state index contributed by atoms with van der Waals surface area (Å²) in [6, 6.07) is 5.93. The van der Waals surface area contributed by atoms with Gasteiger partial charge in [0.15, 0.2) is 5.78 Å². The average Bonchev–Trinajstić information content (AvgIpc) is 2.19. The van der Waals surface area contributed by atoms with Gasteiger partial charge in [0.05, 0.1) is 0 Å². The number of hydrogen-bond acceptors (Lipinski definition) is 2. The molecule has 1 rings (SSSR count). The van der Waals surface area contributed by atoms with E-state index in [0.29, 0.717) is 6.54 Å². The van der Waals surface area contributed by atoms with Crippen LogP contribution >= 0.6 is 0 Å². The normalized spacial score (nSPS) is 12.6. The minimum atomic E-state index is -0.0875. The summed E-state index contributed by atoms with van der Waals surface area (Å²) >= 11 is 0. The summed E-state index contributed by atoms with van der Waals surface area (Å²) in [6.07, 6.45) is 0. The Labute approximate surface area is 85.1 Å². The molecule has 0 aromatic heterocycles. The van der Waals surface area contributed by atoms with E-state index in [9.17, 15) is 4.79 Å². The molecule has 0 bridgehead atoms. The van der Waals surface area contributed by atoms with Crippen LogP contribution < -0.4 is 5.73 Å². The number of hydrogen-bond donors (Lipinski definition) is 1. The number of carbonyl (C=O) groups is 1. The maximum absolute atomic E-state index is 11.9. The number of Topliss-reactive ketones (excluding diaryl/α,β-unsaturated/α-hetero) is 1. The van der Waals surface area contributed by atoms with Crippen LogP contribution in [0.5, 0.6) is 0 Å². The number of nitrogens with two attached hydrogens (primary N) is 1. The number of rotatable bonds is 3. The summed E-state index contributed by atoms with van der Waals surface area (Å²) in [5, 5.41) is 0. The van der Waals surface area contributed by atoms with Gasteiger partial charge in [0.25, 0.3) is 0 Å². The topological polar surface area (TPSA) is 43.1 Å². The lowest BCUT2D eigenvalue weighted by molar-refractivity contribution is 0.0933. The molecule has 14 heavy (non-hydrogen) atoms. The van der Waals surface area contributed by atoms with Crippen molar-refractivity contribution in [2.24, 2.45) is 11.7 Å². The zero-order valence-electron chi connectivity index (χ0n) is 9.00. The Balaban J connectivity index is 3.06. The van der Waals surface area contributed by atoms with Crippen molar-refractivity contribution in [1.29, 1.82) is 0 Å². The van der Waals surface area contributed by atoms with Gasteiger partial charge in [-0.1, -0.05) is 24.6 Å². The lowest BCUT2D eigenvalue weighted by Gasteiger charge is -2.10. The molecule has 0 saturated carbocycles. The van der Waals surface area contributed by atoms with E-state index in [1.54, 1.807) is 0 Å². The summed E-state index contributed by atoms with van der Waals surface area (Å²) in [6.45, 7) is 6.22. The van der Waals surface area contributed by atoms with Crippen LogP contribution in [0.4, 0.5) is 0 Å². The predicted molar refractivity (Wildman–Crippen MR) is 58.5 cm³/mol. The van der Waals surface area contributed by atoms with Gasteiger partial charge in [-0.05, 0) is 25.5 Å². The van der Waals surface area contributed by atoms with Gasteiger partial charge in [-0.3, -0.25) is 4.79 Å². The molecule has 0 fully saturated rings. The fourth-order valence-corrected chi connectivity index (χ4v) is 1.37. The molecule has 0 aliphatic carbocycles. The Morgan fingerprint density at radius 3 is 2.64 bits per heavy atom. The molecule has 2 nitrogen and oxygen atoms in total. The van der Waals surface area contributed by atoms with Gasteiger partial charge in [-0.15, -0.1) is 0 Å². The van der Waals surface area contributed by atoms with Gasteiger partial charge in [-0.25, -0.2) is 0 Å². The van der Waals surface area contributed by atoms with Crippen molar-refractivity contribution in [3.05, 3.63) is 34.9 Å². The second-order valence-electron chi connectivity index (χ2n) is 3.82. The molecule has 2 heteroatoms. The predicted octanol–water partition coefficient (Wildman–Crippen LogP) is 2.08. The van der Waals surface area contributed by atoms with E-state index in [1.165, 1.54) is 0 Å². The quantitative estimate of drug-likeness (QED) is 0.743. The van der Waals surface area contributed by atoms with E-state index in [0.717, 1.165) is 16.7 Å². The van der Waals surface area contributed by atoms with Crippen molar-refractivity contribution in [1.82, 2.24) is 0 Å². The van der Waals surface area contributed by atoms with Gasteiger partial charge in [-0.2, -0.15) is 0 Å². The molecule has 76 valence electrons. The lowest BCUT2D eigenvalue weighted by Crippen LogP contribution is -2.21. The van der Waals surface area contributed by atoms with Gasteiger partial charge in [0.2, 0.25) is 0 Å². The van der Waals surface area contributed by atoms with E-state index in [1.807, 2.05) is 39.0 Å². The molecule has 1 unspecified atom stereocenters. The van der Waals surface area contributed by atoms with Gasteiger partial charge in [0, 0.05) is 18.0 Å². The molecule has 0 spiro atoms. The molecule has 0 aliphatic heterocycles. The molecule has 1 aromatic carbocycles. The van der Waals surface area contributed by atoms with Crippen molar-refractivity contribution in [2.75, 3.05) is 6.54 Å². The smallest absolute Gasteiger partial charge is 0.167 e. The van der Waals surface area contributed by atoms with Crippen LogP contribution in [0.1, 0.15) is 28.4 Å². The monoisotopic (exact) mass is 191 g/mol. The third kappa shape index (κ3) is 2.20. The summed E-state index contributed by atoms with van der Waals surface area (Å²) < 4.78 is 0. The maximum atomic E-state index is 11.9. The van der Waals surface area contributed by atoms with Crippen molar-refractivity contribution < 1.29 is 4.79 Å². The highest BCUT2D eigenvalue weighted by molar-refractivity contribution is 5.99. The first kappa shape index (κ1) is 10.9. The van der Waals surface area contributed by atoms with Crippen LogP contribution in [0, 0.1) is 19.8 Å². The first-order valence-corrected chi connectivity index (χ1v) is 4.87. The first-order chi connectivity index (χ1) is 6.56. The average molecular weight is 191 g/mol. The van der Waals surface area contributed by atoms with Crippen LogP contribution in [0.3, 0.4) is 0 Å². The molecule has 0 saturated heterocycles. The standard InChI is InChI=1S/C12H17NO/c1-8-4-5-9(2)11(6-8)12(14)10(3)7-13/h4-6,10H,7,13H2,1-3H3. The fourth-order valence-electron chi connectivity index (χ4n) is 1.37. The molecule has 0 amide bonds. The van der Waals surface area contributed by atoms with Crippen molar-refractivity contribution >= 4 is 5.78 Å². The summed E-state index contributed by atoms with van der Waals surface area (Å²) in [7, 11) is 0. The molecular formula is C12H17NO. The molecule has 0 heterocycles. The Morgan fingerprint density at radius 2 is 2.07 bits per heavy atom. The molecule has 1 atom stereocenters. The van der Waals surface area contributed by atoms with Gasteiger partial charge in [0.1, 0.15) is 0 Å². The molecule has 1 aromatic rings. The zero-order valence-corrected chi connectivity index (χ0v) is 9.00. The van der Waals surface area contributed by atoms with E-state index in [2.05, 4.69) is 0 Å². The van der Waals surface area contributed by atoms with Crippen molar-refractivity contribution in [3.63, 3.8) is 0 Å². The number of carbonyl (C=O) groups excluding carboxylic acids is 1. The largest absolute Gasteiger partial charge is 0.330 e. The van der Waals surface area contributed by atoms with Crippen LogP contribution in [0.25, 0.3) is 0 Å². The molecule has 2 N–H and O–H groups in total. The first-order valence-electron chi connectivity index (χ1n) is 4.87. The van der Waals surface area contributed by atoms with Crippen LogP contribution in [-0.2, 0) is 0 Å². The summed E-state index contributed by atoms with van der Waals surface area (Å²) in [5.74, 6) is 0.0594. The third-order valence-electron chi connectivity index (χ3n) is 2.46. The molecule has 0 aliphatic rings. The molecular weight excluding hydrogens is 174 g/mol. The Morgan fingerprint density at radius 1 is 1.43 bits per heavy atom. The minimum Gasteiger partial charge on any atom is -0.330 e. The van der Waals surface area contributed by atoms with Crippen molar-refractivity contribution in [2.45, 2.75) is 20.8 Å².